The predicted molar refractivity (Wildman–Crippen MR) is 90.8 cm³/mol. The van der Waals surface area contributed by atoms with Crippen LogP contribution in [0.25, 0.3) is 10.8 Å². The second-order valence-electron chi connectivity index (χ2n) is 6.20. The Kier molecular flexibility index (Phi) is 4.80. The molecule has 2 aromatic rings. The molecule has 8 nitrogen and oxygen atoms in total. The van der Waals surface area contributed by atoms with E-state index < -0.39 is 11.8 Å². The topological polar surface area (TPSA) is 104 Å². The number of morpholine rings is 1. The molecule has 2 atom stereocenters. The predicted octanol–water partition coefficient (Wildman–Crippen LogP) is 0.175. The molecule has 2 heterocycles. The molecule has 132 valence electrons. The van der Waals surface area contributed by atoms with E-state index in [2.05, 4.69) is 15.5 Å². The van der Waals surface area contributed by atoms with E-state index in [1.807, 2.05) is 13.8 Å². The van der Waals surface area contributed by atoms with Gasteiger partial charge in [-0.2, -0.15) is 5.10 Å². The maximum absolute atomic E-state index is 12.3. The lowest BCUT2D eigenvalue weighted by Crippen LogP contribution is -2.52. The molecular formula is C17H20N4O4. The lowest BCUT2D eigenvalue weighted by molar-refractivity contribution is -0.153. The minimum atomic E-state index is -0.696. The highest BCUT2D eigenvalue weighted by atomic mass is 16.5. The Morgan fingerprint density at radius 1 is 1.24 bits per heavy atom. The number of carbonyl (C=O) groups is 2. The molecular weight excluding hydrogens is 324 g/mol. The van der Waals surface area contributed by atoms with E-state index >= 15 is 0 Å². The van der Waals surface area contributed by atoms with Gasteiger partial charge in [0, 0.05) is 18.5 Å². The van der Waals surface area contributed by atoms with Crippen LogP contribution in [-0.4, -0.2) is 52.2 Å². The van der Waals surface area contributed by atoms with E-state index in [1.165, 1.54) is 4.90 Å². The average molecular weight is 344 g/mol. The van der Waals surface area contributed by atoms with Crippen molar-refractivity contribution in [1.29, 1.82) is 0 Å². The normalized spacial score (nSPS) is 20.5. The number of H-pyrrole nitrogens is 1. The second kappa shape index (κ2) is 7.02. The van der Waals surface area contributed by atoms with Gasteiger partial charge >= 0.3 is 11.8 Å². The molecule has 1 aromatic carbocycles. The van der Waals surface area contributed by atoms with E-state index in [0.29, 0.717) is 29.6 Å². The van der Waals surface area contributed by atoms with Gasteiger partial charge in [-0.1, -0.05) is 18.2 Å². The van der Waals surface area contributed by atoms with Crippen molar-refractivity contribution in [3.8, 4) is 0 Å². The molecule has 0 spiro atoms. The van der Waals surface area contributed by atoms with Crippen LogP contribution in [0.2, 0.25) is 0 Å². The monoisotopic (exact) mass is 344 g/mol. The summed E-state index contributed by atoms with van der Waals surface area (Å²) in [4.78, 5) is 37.8. The van der Waals surface area contributed by atoms with Gasteiger partial charge in [0.1, 0.15) is 0 Å². The van der Waals surface area contributed by atoms with Crippen LogP contribution >= 0.6 is 0 Å². The number of amides is 2. The van der Waals surface area contributed by atoms with Crippen LogP contribution in [-0.2, 0) is 20.9 Å². The van der Waals surface area contributed by atoms with Crippen molar-refractivity contribution >= 4 is 22.6 Å². The summed E-state index contributed by atoms with van der Waals surface area (Å²) in [5, 5.41) is 10.1. The number of rotatable bonds is 2. The van der Waals surface area contributed by atoms with Crippen molar-refractivity contribution in [3.63, 3.8) is 0 Å². The smallest absolute Gasteiger partial charge is 0.312 e. The third-order valence-electron chi connectivity index (χ3n) is 4.09. The number of aromatic amines is 1. The number of nitrogens with one attached hydrogen (secondary N) is 2. The Morgan fingerprint density at radius 3 is 2.56 bits per heavy atom. The molecule has 0 saturated carbocycles. The van der Waals surface area contributed by atoms with Gasteiger partial charge in [-0.15, -0.1) is 0 Å². The fraction of sp³-hybridized carbons (Fsp3) is 0.412. The number of fused-ring (bicyclic) bond motifs is 1. The van der Waals surface area contributed by atoms with Gasteiger partial charge in [0.05, 0.1) is 29.8 Å². The van der Waals surface area contributed by atoms with Gasteiger partial charge in [0.15, 0.2) is 0 Å². The maximum Gasteiger partial charge on any atom is 0.312 e. The molecule has 2 unspecified atom stereocenters. The highest BCUT2D eigenvalue weighted by Gasteiger charge is 2.29. The molecule has 1 fully saturated rings. The van der Waals surface area contributed by atoms with Crippen molar-refractivity contribution in [2.75, 3.05) is 13.1 Å². The number of hydrogen-bond acceptors (Lipinski definition) is 5. The van der Waals surface area contributed by atoms with Crippen LogP contribution in [0.4, 0.5) is 0 Å². The molecule has 3 rings (SSSR count). The SMILES string of the molecule is CC1CN(C(=O)C(=O)NCc2n[nH]c(=O)c3ccccc23)CC(C)O1. The molecule has 1 aliphatic rings. The molecule has 0 radical (unpaired) electrons. The highest BCUT2D eigenvalue weighted by molar-refractivity contribution is 6.35. The second-order valence-corrected chi connectivity index (χ2v) is 6.20. The zero-order valence-corrected chi connectivity index (χ0v) is 14.1. The Balaban J connectivity index is 1.69. The van der Waals surface area contributed by atoms with Gasteiger partial charge in [-0.05, 0) is 19.9 Å². The molecule has 0 bridgehead atoms. The minimum Gasteiger partial charge on any atom is -0.372 e. The fourth-order valence-corrected chi connectivity index (χ4v) is 3.03. The zero-order valence-electron chi connectivity index (χ0n) is 14.1. The molecule has 1 aromatic heterocycles. The van der Waals surface area contributed by atoms with E-state index in [0.717, 1.165) is 0 Å². The van der Waals surface area contributed by atoms with Gasteiger partial charge in [0.2, 0.25) is 0 Å². The van der Waals surface area contributed by atoms with Crippen molar-refractivity contribution < 1.29 is 14.3 Å². The quantitative estimate of drug-likeness (QED) is 0.756. The van der Waals surface area contributed by atoms with Gasteiger partial charge in [-0.3, -0.25) is 14.4 Å². The van der Waals surface area contributed by atoms with Gasteiger partial charge in [0.25, 0.3) is 5.56 Å². The van der Waals surface area contributed by atoms with Crippen LogP contribution < -0.4 is 10.9 Å². The molecule has 8 heteroatoms. The van der Waals surface area contributed by atoms with E-state index in [1.54, 1.807) is 24.3 Å². The molecule has 2 amide bonds. The Bertz CT molecular complexity index is 853. The third kappa shape index (κ3) is 3.69. The minimum absolute atomic E-state index is 0.0529. The summed E-state index contributed by atoms with van der Waals surface area (Å²) in [5.74, 6) is -1.28. The highest BCUT2D eigenvalue weighted by Crippen LogP contribution is 2.13. The van der Waals surface area contributed by atoms with Gasteiger partial charge < -0.3 is 15.0 Å². The number of nitrogens with zero attached hydrogens (tertiary/aromatic N) is 2. The summed E-state index contributed by atoms with van der Waals surface area (Å²) < 4.78 is 5.57. The number of aromatic nitrogens is 2. The van der Waals surface area contributed by atoms with Crippen LogP contribution in [0.3, 0.4) is 0 Å². The van der Waals surface area contributed by atoms with E-state index in [4.69, 9.17) is 4.74 Å². The Hall–Kier alpha value is -2.74. The summed E-state index contributed by atoms with van der Waals surface area (Å²) in [6.07, 6.45) is -0.212. The van der Waals surface area contributed by atoms with Crippen LogP contribution in [0.1, 0.15) is 19.5 Å². The lowest BCUT2D eigenvalue weighted by Gasteiger charge is -2.34. The third-order valence-corrected chi connectivity index (χ3v) is 4.09. The van der Waals surface area contributed by atoms with E-state index in [9.17, 15) is 14.4 Å². The van der Waals surface area contributed by atoms with Crippen LogP contribution in [0.15, 0.2) is 29.1 Å². The summed E-state index contributed by atoms with van der Waals surface area (Å²) >= 11 is 0. The van der Waals surface area contributed by atoms with E-state index in [-0.39, 0.29) is 24.3 Å². The largest absolute Gasteiger partial charge is 0.372 e. The molecule has 1 aliphatic heterocycles. The van der Waals surface area contributed by atoms with Crippen molar-refractivity contribution in [2.24, 2.45) is 0 Å². The number of carbonyl (C=O) groups excluding carboxylic acids is 2. The number of hydrogen-bond donors (Lipinski definition) is 2. The first-order chi connectivity index (χ1) is 12.0. The lowest BCUT2D eigenvalue weighted by atomic mass is 10.1. The fourth-order valence-electron chi connectivity index (χ4n) is 3.03. The Labute approximate surface area is 144 Å². The summed E-state index contributed by atoms with van der Waals surface area (Å²) in [7, 11) is 0. The first-order valence-electron chi connectivity index (χ1n) is 8.14. The zero-order chi connectivity index (χ0) is 18.0. The van der Waals surface area contributed by atoms with Crippen molar-refractivity contribution in [1.82, 2.24) is 20.4 Å². The first-order valence-corrected chi connectivity index (χ1v) is 8.14. The van der Waals surface area contributed by atoms with Crippen LogP contribution in [0, 0.1) is 0 Å². The van der Waals surface area contributed by atoms with Gasteiger partial charge in [-0.25, -0.2) is 5.10 Å². The molecule has 2 N–H and O–H groups in total. The summed E-state index contributed by atoms with van der Waals surface area (Å²) in [6.45, 7) is 4.55. The number of ether oxygens (including phenoxy) is 1. The molecule has 25 heavy (non-hydrogen) atoms. The first kappa shape index (κ1) is 17.1. The standard InChI is InChI=1S/C17H20N4O4/c1-10-8-21(9-11(2)25-10)17(24)16(23)18-7-14-12-5-3-4-6-13(12)15(22)20-19-14/h3-6,10-11H,7-9H2,1-2H3,(H,18,23)(H,20,22). The number of benzene rings is 1. The summed E-state index contributed by atoms with van der Waals surface area (Å²) in [6, 6.07) is 6.98. The average Bonchev–Trinajstić information content (AvgIpc) is 2.59. The maximum atomic E-state index is 12.3. The van der Waals surface area contributed by atoms with Crippen molar-refractivity contribution in [2.45, 2.75) is 32.6 Å². The molecule has 0 aliphatic carbocycles. The molecule has 1 saturated heterocycles. The van der Waals surface area contributed by atoms with Crippen molar-refractivity contribution in [3.05, 3.63) is 40.3 Å². The Morgan fingerprint density at radius 2 is 1.88 bits per heavy atom. The summed E-state index contributed by atoms with van der Waals surface area (Å²) in [5.41, 5.74) is 0.207. The van der Waals surface area contributed by atoms with Crippen LogP contribution in [0.5, 0.6) is 0 Å².